The van der Waals surface area contributed by atoms with E-state index in [9.17, 15) is 9.59 Å². The molecular formula is C14H12INO3S. The second-order valence-corrected chi connectivity index (χ2v) is 6.22. The maximum absolute atomic E-state index is 11.7. The smallest absolute Gasteiger partial charge is 0.338 e. The van der Waals surface area contributed by atoms with Crippen molar-refractivity contribution in [2.45, 2.75) is 6.54 Å². The summed E-state index contributed by atoms with van der Waals surface area (Å²) in [6, 6.07) is 10.8. The van der Waals surface area contributed by atoms with Crippen molar-refractivity contribution in [1.82, 2.24) is 5.32 Å². The molecule has 0 fully saturated rings. The fraction of sp³-hybridized carbons (Fsp3) is 0.143. The number of carbonyl (C=O) groups is 2. The van der Waals surface area contributed by atoms with E-state index in [1.807, 2.05) is 29.6 Å². The first-order valence-electron chi connectivity index (χ1n) is 5.87. The molecule has 1 heterocycles. The minimum Gasteiger partial charge on any atom is -0.452 e. The summed E-state index contributed by atoms with van der Waals surface area (Å²) in [5.41, 5.74) is 0.441. The molecule has 0 aliphatic rings. The van der Waals surface area contributed by atoms with Crippen LogP contribution < -0.4 is 5.32 Å². The monoisotopic (exact) mass is 401 g/mol. The van der Waals surface area contributed by atoms with Crippen LogP contribution in [-0.2, 0) is 16.1 Å². The number of halogens is 1. The Bertz CT molecular complexity index is 581. The van der Waals surface area contributed by atoms with E-state index in [-0.39, 0.29) is 12.5 Å². The number of ether oxygens (including phenoxy) is 1. The van der Waals surface area contributed by atoms with Crippen molar-refractivity contribution in [3.8, 4) is 0 Å². The molecule has 1 aromatic carbocycles. The van der Waals surface area contributed by atoms with Crippen molar-refractivity contribution in [2.75, 3.05) is 6.61 Å². The van der Waals surface area contributed by atoms with Gasteiger partial charge in [-0.25, -0.2) is 4.79 Å². The summed E-state index contributed by atoms with van der Waals surface area (Å²) in [4.78, 5) is 24.3. The molecule has 6 heteroatoms. The summed E-state index contributed by atoms with van der Waals surface area (Å²) in [5, 5.41) is 4.64. The third-order valence-corrected chi connectivity index (χ3v) is 4.05. The SMILES string of the molecule is O=C(COC(=O)c1ccc(I)cc1)NCc1cccs1. The highest BCUT2D eigenvalue weighted by Gasteiger charge is 2.09. The fourth-order valence-corrected chi connectivity index (χ4v) is 2.45. The van der Waals surface area contributed by atoms with E-state index in [2.05, 4.69) is 27.9 Å². The molecule has 104 valence electrons. The second-order valence-electron chi connectivity index (χ2n) is 3.94. The Kier molecular flexibility index (Phi) is 5.54. The van der Waals surface area contributed by atoms with Crippen molar-refractivity contribution in [3.63, 3.8) is 0 Å². The average molecular weight is 401 g/mol. The molecule has 0 spiro atoms. The number of hydrogen-bond donors (Lipinski definition) is 1. The number of benzene rings is 1. The summed E-state index contributed by atoms with van der Waals surface area (Å²) in [7, 11) is 0. The lowest BCUT2D eigenvalue weighted by atomic mass is 10.2. The molecule has 4 nitrogen and oxygen atoms in total. The predicted octanol–water partition coefficient (Wildman–Crippen LogP) is 2.83. The van der Waals surface area contributed by atoms with E-state index in [1.54, 1.807) is 23.5 Å². The Morgan fingerprint density at radius 1 is 1.20 bits per heavy atom. The van der Waals surface area contributed by atoms with Gasteiger partial charge in [-0.3, -0.25) is 4.79 Å². The van der Waals surface area contributed by atoms with Crippen LogP contribution in [0.15, 0.2) is 41.8 Å². The van der Waals surface area contributed by atoms with E-state index in [0.29, 0.717) is 12.1 Å². The zero-order valence-electron chi connectivity index (χ0n) is 10.5. The molecule has 2 rings (SSSR count). The zero-order valence-corrected chi connectivity index (χ0v) is 13.4. The van der Waals surface area contributed by atoms with Crippen molar-refractivity contribution >= 4 is 45.8 Å². The number of thiophene rings is 1. The molecule has 20 heavy (non-hydrogen) atoms. The van der Waals surface area contributed by atoms with Gasteiger partial charge in [-0.2, -0.15) is 0 Å². The molecule has 1 N–H and O–H groups in total. The number of nitrogens with one attached hydrogen (secondary N) is 1. The molecule has 0 bridgehead atoms. The third-order valence-electron chi connectivity index (χ3n) is 2.45. The molecule has 0 saturated carbocycles. The Labute approximate surface area is 134 Å². The quantitative estimate of drug-likeness (QED) is 0.620. The van der Waals surface area contributed by atoms with Crippen molar-refractivity contribution in [1.29, 1.82) is 0 Å². The van der Waals surface area contributed by atoms with Crippen molar-refractivity contribution < 1.29 is 14.3 Å². The lowest BCUT2D eigenvalue weighted by Crippen LogP contribution is -2.28. The maximum Gasteiger partial charge on any atom is 0.338 e. The molecule has 2 aromatic rings. The Morgan fingerprint density at radius 3 is 2.60 bits per heavy atom. The lowest BCUT2D eigenvalue weighted by molar-refractivity contribution is -0.124. The Hall–Kier alpha value is -1.41. The molecule has 1 amide bonds. The number of amides is 1. The summed E-state index contributed by atoms with van der Waals surface area (Å²) in [6.45, 7) is 0.188. The fourth-order valence-electron chi connectivity index (χ4n) is 1.45. The topological polar surface area (TPSA) is 55.4 Å². The van der Waals surface area contributed by atoms with Gasteiger partial charge in [-0.05, 0) is 58.3 Å². The van der Waals surface area contributed by atoms with Gasteiger partial charge in [-0.1, -0.05) is 6.07 Å². The lowest BCUT2D eigenvalue weighted by Gasteiger charge is -2.05. The van der Waals surface area contributed by atoms with E-state index in [1.165, 1.54) is 0 Å². The molecular weight excluding hydrogens is 389 g/mol. The first-order chi connectivity index (χ1) is 9.65. The van der Waals surface area contributed by atoms with Crippen LogP contribution in [0.4, 0.5) is 0 Å². The number of hydrogen-bond acceptors (Lipinski definition) is 4. The van der Waals surface area contributed by atoms with Gasteiger partial charge in [0.05, 0.1) is 12.1 Å². The van der Waals surface area contributed by atoms with Crippen LogP contribution in [0.3, 0.4) is 0 Å². The summed E-state index contributed by atoms with van der Waals surface area (Å²) >= 11 is 3.72. The number of carbonyl (C=O) groups excluding carboxylic acids is 2. The van der Waals surface area contributed by atoms with Crippen LogP contribution in [0.5, 0.6) is 0 Å². The van der Waals surface area contributed by atoms with Crippen LogP contribution >= 0.6 is 33.9 Å². The summed E-state index contributed by atoms with van der Waals surface area (Å²) in [6.07, 6.45) is 0. The Balaban J connectivity index is 1.75. The van der Waals surface area contributed by atoms with Gasteiger partial charge < -0.3 is 10.1 Å². The van der Waals surface area contributed by atoms with Crippen LogP contribution in [-0.4, -0.2) is 18.5 Å². The molecule has 0 atom stereocenters. The Morgan fingerprint density at radius 2 is 1.95 bits per heavy atom. The van der Waals surface area contributed by atoms with Gasteiger partial charge in [-0.15, -0.1) is 11.3 Å². The van der Waals surface area contributed by atoms with Gasteiger partial charge in [0, 0.05) is 8.45 Å². The first-order valence-corrected chi connectivity index (χ1v) is 7.83. The minimum absolute atomic E-state index is 0.268. The van der Waals surface area contributed by atoms with E-state index < -0.39 is 5.97 Å². The van der Waals surface area contributed by atoms with Crippen LogP contribution in [0.1, 0.15) is 15.2 Å². The van der Waals surface area contributed by atoms with Crippen LogP contribution in [0.2, 0.25) is 0 Å². The van der Waals surface area contributed by atoms with Gasteiger partial charge in [0.1, 0.15) is 0 Å². The largest absolute Gasteiger partial charge is 0.452 e. The highest BCUT2D eigenvalue weighted by molar-refractivity contribution is 14.1. The van der Waals surface area contributed by atoms with Gasteiger partial charge in [0.2, 0.25) is 0 Å². The summed E-state index contributed by atoms with van der Waals surface area (Å²) in [5.74, 6) is -0.801. The summed E-state index contributed by atoms with van der Waals surface area (Å²) < 4.78 is 5.98. The molecule has 0 aliphatic carbocycles. The molecule has 1 aromatic heterocycles. The normalized spacial score (nSPS) is 10.1. The zero-order chi connectivity index (χ0) is 14.4. The second kappa shape index (κ2) is 7.39. The van der Waals surface area contributed by atoms with E-state index >= 15 is 0 Å². The predicted molar refractivity (Wildman–Crippen MR) is 85.6 cm³/mol. The van der Waals surface area contributed by atoms with E-state index in [0.717, 1.165) is 8.45 Å². The van der Waals surface area contributed by atoms with Crippen LogP contribution in [0.25, 0.3) is 0 Å². The van der Waals surface area contributed by atoms with Crippen molar-refractivity contribution in [2.24, 2.45) is 0 Å². The third kappa shape index (κ3) is 4.61. The molecule has 0 aliphatic heterocycles. The number of rotatable bonds is 5. The highest BCUT2D eigenvalue weighted by Crippen LogP contribution is 2.08. The van der Waals surface area contributed by atoms with Gasteiger partial charge in [0.25, 0.3) is 5.91 Å². The van der Waals surface area contributed by atoms with Crippen LogP contribution in [0, 0.1) is 3.57 Å². The van der Waals surface area contributed by atoms with Gasteiger partial charge in [0.15, 0.2) is 6.61 Å². The first kappa shape index (κ1) is 15.0. The minimum atomic E-state index is -0.493. The standard InChI is InChI=1S/C14H12INO3S/c15-11-5-3-10(4-6-11)14(18)19-9-13(17)16-8-12-2-1-7-20-12/h1-7H,8-9H2,(H,16,17). The highest BCUT2D eigenvalue weighted by atomic mass is 127. The molecule has 0 saturated heterocycles. The maximum atomic E-state index is 11.7. The molecule has 0 radical (unpaired) electrons. The van der Waals surface area contributed by atoms with Crippen molar-refractivity contribution in [3.05, 3.63) is 55.8 Å². The van der Waals surface area contributed by atoms with Gasteiger partial charge >= 0.3 is 5.97 Å². The number of esters is 1. The van der Waals surface area contributed by atoms with E-state index in [4.69, 9.17) is 4.74 Å². The molecule has 0 unspecified atom stereocenters. The average Bonchev–Trinajstić information content (AvgIpc) is 2.96.